The Kier molecular flexibility index (Phi) is 18.1. The predicted octanol–water partition coefficient (Wildman–Crippen LogP) is 16.8. The average Bonchev–Trinajstić information content (AvgIpc) is 3.71. The molecule has 9 aromatic rings. The summed E-state index contributed by atoms with van der Waals surface area (Å²) >= 11 is 0. The first-order valence-corrected chi connectivity index (χ1v) is 27.5. The number of para-hydroxylation sites is 1. The summed E-state index contributed by atoms with van der Waals surface area (Å²) in [7, 11) is -1.33. The van der Waals surface area contributed by atoms with Gasteiger partial charge in [-0.3, -0.25) is 15.0 Å². The zero-order chi connectivity index (χ0) is 47.5. The van der Waals surface area contributed by atoms with Crippen LogP contribution in [-0.4, -0.2) is 23.0 Å². The topological polar surface area (TPSA) is 51.8 Å². The molecule has 351 valence electrons. The van der Waals surface area contributed by atoms with E-state index in [1.807, 2.05) is 48.8 Å². The number of aromatic nitrogens is 3. The van der Waals surface area contributed by atoms with Gasteiger partial charge in [-0.15, -0.1) is 0 Å². The van der Waals surface area contributed by atoms with Gasteiger partial charge in [0, 0.05) is 66.2 Å². The third-order valence-corrected chi connectivity index (χ3v) is 14.3. The molecule has 5 aromatic carbocycles. The second-order valence-corrected chi connectivity index (χ2v) is 24.5. The smallest absolute Gasteiger partial charge is 0.144 e. The van der Waals surface area contributed by atoms with Gasteiger partial charge in [-0.2, -0.15) is 0 Å². The molecule has 1 radical (unpaired) electrons. The van der Waals surface area contributed by atoms with Gasteiger partial charge in [0.05, 0.1) is 25.2 Å². The largest absolute Gasteiger partial charge is 0.455 e. The van der Waals surface area contributed by atoms with Crippen molar-refractivity contribution in [2.45, 2.75) is 92.8 Å². The van der Waals surface area contributed by atoms with Gasteiger partial charge in [-0.1, -0.05) is 152 Å². The van der Waals surface area contributed by atoms with E-state index < -0.39 is 8.07 Å². The fourth-order valence-corrected chi connectivity index (χ4v) is 10.4. The number of furan rings is 1. The molecule has 0 bridgehead atoms. The van der Waals surface area contributed by atoms with Crippen molar-refractivity contribution in [3.8, 4) is 44.9 Å². The summed E-state index contributed by atoms with van der Waals surface area (Å²) in [5, 5.41) is 3.62. The Balaban J connectivity index is 0.000000178. The summed E-state index contributed by atoms with van der Waals surface area (Å²) in [6.45, 7) is 20.7. The molecule has 0 aliphatic heterocycles. The molecule has 7 heteroatoms. The van der Waals surface area contributed by atoms with Gasteiger partial charge < -0.3 is 4.42 Å². The van der Waals surface area contributed by atoms with Crippen molar-refractivity contribution in [3.63, 3.8) is 0 Å². The molecule has 0 fully saturated rings. The maximum Gasteiger partial charge on any atom is 0.144 e. The molecular weight excluding hydrogens is 1030 g/mol. The summed E-state index contributed by atoms with van der Waals surface area (Å²) in [5.74, 6) is 1.65. The number of hydrogen-bond acceptors (Lipinski definition) is 4. The molecule has 0 aliphatic rings. The Morgan fingerprint density at radius 1 is 0.544 bits per heavy atom. The molecule has 4 nitrogen and oxygen atoms in total. The number of nitrogens with zero attached hydrogens (tertiary/aromatic N) is 3. The molecule has 0 aliphatic carbocycles. The van der Waals surface area contributed by atoms with Crippen molar-refractivity contribution >= 4 is 35.2 Å². The third-order valence-electron chi connectivity index (χ3n) is 12.2. The molecular formula is C61H66FIrN3OSi. The van der Waals surface area contributed by atoms with Gasteiger partial charge in [0.1, 0.15) is 17.0 Å². The molecule has 4 heterocycles. The molecule has 4 aromatic heterocycles. The van der Waals surface area contributed by atoms with E-state index in [1.165, 1.54) is 39.1 Å². The van der Waals surface area contributed by atoms with E-state index in [9.17, 15) is 4.39 Å². The molecule has 0 spiro atoms. The Labute approximate surface area is 418 Å². The van der Waals surface area contributed by atoms with Crippen LogP contribution in [0, 0.1) is 17.7 Å². The molecule has 0 unspecified atom stereocenters. The summed E-state index contributed by atoms with van der Waals surface area (Å²) in [5.41, 5.74) is 14.1. The van der Waals surface area contributed by atoms with Crippen LogP contribution >= 0.6 is 0 Å². The number of hydrogen-bond donors (Lipinski definition) is 0. The van der Waals surface area contributed by atoms with Gasteiger partial charge in [-0.05, 0) is 137 Å². The minimum atomic E-state index is -1.33. The van der Waals surface area contributed by atoms with Gasteiger partial charge >= 0.3 is 0 Å². The van der Waals surface area contributed by atoms with Crippen LogP contribution < -0.4 is 5.19 Å². The van der Waals surface area contributed by atoms with Crippen molar-refractivity contribution in [2.75, 3.05) is 0 Å². The normalized spacial score (nSPS) is 11.3. The summed E-state index contributed by atoms with van der Waals surface area (Å²) in [4.78, 5) is 13.8. The van der Waals surface area contributed by atoms with Crippen LogP contribution in [0.2, 0.25) is 19.6 Å². The molecule has 0 N–H and O–H groups in total. The van der Waals surface area contributed by atoms with Crippen molar-refractivity contribution < 1.29 is 28.9 Å². The minimum absolute atomic E-state index is 0. The number of benzene rings is 5. The van der Waals surface area contributed by atoms with E-state index in [1.54, 1.807) is 12.1 Å². The van der Waals surface area contributed by atoms with Crippen LogP contribution in [-0.2, 0) is 32.9 Å². The zero-order valence-electron chi connectivity index (χ0n) is 41.2. The predicted molar refractivity (Wildman–Crippen MR) is 285 cm³/mol. The monoisotopic (exact) mass is 1100 g/mol. The summed E-state index contributed by atoms with van der Waals surface area (Å²) in [6.07, 6.45) is 10.4. The molecule has 68 heavy (non-hydrogen) atoms. The van der Waals surface area contributed by atoms with E-state index in [0.29, 0.717) is 17.8 Å². The van der Waals surface area contributed by atoms with Crippen LogP contribution in [0.15, 0.2) is 175 Å². The van der Waals surface area contributed by atoms with Crippen molar-refractivity contribution in [2.24, 2.45) is 11.8 Å². The van der Waals surface area contributed by atoms with Crippen molar-refractivity contribution in [1.29, 1.82) is 0 Å². The van der Waals surface area contributed by atoms with Crippen LogP contribution in [0.25, 0.3) is 66.8 Å². The Bertz CT molecular complexity index is 3010. The van der Waals surface area contributed by atoms with Crippen LogP contribution in [0.4, 0.5) is 4.39 Å². The Hall–Kier alpha value is -5.85. The molecule has 0 amide bonds. The number of rotatable bonds is 12. The molecule has 0 saturated carbocycles. The first kappa shape index (κ1) is 51.5. The third kappa shape index (κ3) is 13.2. The standard InChI is InChI=1S/C28H24FNO.C18H25NSi.C15H17N.Ir/c1-3-18(4-2)21-13-14-30-26(16-21)25-10-6-9-24-23-12-11-20(17-27(23)31-28(24)25)19-7-5-8-22(29)15-19;1-14(2)11-16-12-17(15-9-7-6-8-10-15)19-13-18(16)20(3,4)5;1-12(2)10-13-8-9-16-15(11-13)14-6-4-3-5-7-14;/h5-18H,3-4H2,1-2H3;6-10,12-14H,11H2,1-5H3;3-9,11-12H,10H2,1-2H3;. The quantitative estimate of drug-likeness (QED) is 0.114. The maximum atomic E-state index is 13.7. The summed E-state index contributed by atoms with van der Waals surface area (Å²) in [6, 6.07) is 50.6. The second kappa shape index (κ2) is 23.9. The first-order chi connectivity index (χ1) is 32.3. The first-order valence-electron chi connectivity index (χ1n) is 24.0. The zero-order valence-corrected chi connectivity index (χ0v) is 44.6. The number of halogens is 1. The minimum Gasteiger partial charge on any atom is -0.455 e. The van der Waals surface area contributed by atoms with Gasteiger partial charge in [0.15, 0.2) is 0 Å². The SMILES string of the molecule is CC(C)Cc1cc(-c2ccccc2)ncc1[Si](C)(C)C.CC(C)Cc1ccnc(-c2ccccc2)c1.CCC(CC)c1ccnc(-c2cccc3c2oc2cc(-c4cccc(F)c4)ccc23)c1.[Ir]. The van der Waals surface area contributed by atoms with E-state index in [4.69, 9.17) is 9.40 Å². The van der Waals surface area contributed by atoms with E-state index in [-0.39, 0.29) is 25.9 Å². The van der Waals surface area contributed by atoms with E-state index in [2.05, 4.69) is 174 Å². The van der Waals surface area contributed by atoms with Crippen LogP contribution in [0.3, 0.4) is 0 Å². The number of fused-ring (bicyclic) bond motifs is 3. The van der Waals surface area contributed by atoms with Gasteiger partial charge in [0.25, 0.3) is 0 Å². The fraction of sp³-hybridized carbons (Fsp3) is 0.262. The Morgan fingerprint density at radius 3 is 1.78 bits per heavy atom. The molecule has 9 rings (SSSR count). The second-order valence-electron chi connectivity index (χ2n) is 19.4. The van der Waals surface area contributed by atoms with E-state index >= 15 is 0 Å². The van der Waals surface area contributed by atoms with Crippen molar-refractivity contribution in [3.05, 3.63) is 193 Å². The molecule has 0 saturated heterocycles. The van der Waals surface area contributed by atoms with E-state index in [0.717, 1.165) is 81.4 Å². The van der Waals surface area contributed by atoms with Crippen LogP contribution in [0.1, 0.15) is 77.0 Å². The summed E-state index contributed by atoms with van der Waals surface area (Å²) < 4.78 is 20.0. The average molecular weight is 1100 g/mol. The van der Waals surface area contributed by atoms with Gasteiger partial charge in [0.2, 0.25) is 0 Å². The molecule has 0 atom stereocenters. The number of pyridine rings is 3. The van der Waals surface area contributed by atoms with Crippen molar-refractivity contribution in [1.82, 2.24) is 15.0 Å². The van der Waals surface area contributed by atoms with Gasteiger partial charge in [-0.25, -0.2) is 4.39 Å². The Morgan fingerprint density at radius 2 is 1.15 bits per heavy atom. The van der Waals surface area contributed by atoms with Crippen LogP contribution in [0.5, 0.6) is 0 Å². The fourth-order valence-electron chi connectivity index (χ4n) is 8.84. The maximum absolute atomic E-state index is 13.7.